The average molecular weight is 405 g/mol. The summed E-state index contributed by atoms with van der Waals surface area (Å²) in [5.41, 5.74) is 7.04. The summed E-state index contributed by atoms with van der Waals surface area (Å²) in [6.45, 7) is 6.47. The molecule has 1 aromatic carbocycles. The quantitative estimate of drug-likeness (QED) is 0.451. The Morgan fingerprint density at radius 3 is 2.45 bits per heavy atom. The molecular formula is C16H23Br2NO. The zero-order valence-corrected chi connectivity index (χ0v) is 15.2. The van der Waals surface area contributed by atoms with E-state index in [1.807, 2.05) is 13.0 Å². The van der Waals surface area contributed by atoms with Gasteiger partial charge in [0.15, 0.2) is 0 Å². The van der Waals surface area contributed by atoms with Gasteiger partial charge in [0, 0.05) is 6.04 Å². The maximum atomic E-state index is 5.86. The molecule has 0 radical (unpaired) electrons. The summed E-state index contributed by atoms with van der Waals surface area (Å²) in [5, 5.41) is 0. The van der Waals surface area contributed by atoms with Crippen LogP contribution in [0.4, 0.5) is 0 Å². The summed E-state index contributed by atoms with van der Waals surface area (Å²) in [7, 11) is 0. The molecule has 0 aromatic heterocycles. The van der Waals surface area contributed by atoms with Crippen molar-refractivity contribution in [1.29, 1.82) is 0 Å². The highest BCUT2D eigenvalue weighted by Crippen LogP contribution is 2.35. The Bertz CT molecular complexity index is 409. The fourth-order valence-corrected chi connectivity index (χ4v) is 3.49. The van der Waals surface area contributed by atoms with Gasteiger partial charge in [0.1, 0.15) is 5.75 Å². The Labute approximate surface area is 139 Å². The summed E-state index contributed by atoms with van der Waals surface area (Å²) in [6, 6.07) is 4.33. The molecule has 0 aliphatic carbocycles. The Morgan fingerprint density at radius 2 is 1.90 bits per heavy atom. The Kier molecular flexibility index (Phi) is 8.50. The van der Waals surface area contributed by atoms with Crippen molar-refractivity contribution in [3.63, 3.8) is 0 Å². The van der Waals surface area contributed by atoms with Gasteiger partial charge in [-0.25, -0.2) is 0 Å². The van der Waals surface area contributed by atoms with E-state index < -0.39 is 0 Å². The van der Waals surface area contributed by atoms with Crippen molar-refractivity contribution in [3.8, 4) is 5.75 Å². The van der Waals surface area contributed by atoms with E-state index >= 15 is 0 Å². The predicted octanol–water partition coefficient (Wildman–Crippen LogP) is 5.23. The van der Waals surface area contributed by atoms with Crippen molar-refractivity contribution in [1.82, 2.24) is 0 Å². The summed E-state index contributed by atoms with van der Waals surface area (Å²) in [6.07, 6.45) is 7.32. The van der Waals surface area contributed by atoms with Gasteiger partial charge in [-0.05, 0) is 88.6 Å². The molecule has 0 aliphatic heterocycles. The standard InChI is InChI=1S/C16H23Br2NO/c1-3-4-5-6-7-8-20-16-14(17)10-13(9-12(2)19)11-15(16)18/h3,10-12H,1,4-9,19H2,2H3. The molecule has 0 fully saturated rings. The molecular weight excluding hydrogens is 382 g/mol. The lowest BCUT2D eigenvalue weighted by Gasteiger charge is -2.13. The van der Waals surface area contributed by atoms with Crippen molar-refractivity contribution in [3.05, 3.63) is 39.3 Å². The molecule has 0 aliphatic rings. The first-order valence-electron chi connectivity index (χ1n) is 7.01. The molecule has 0 amide bonds. The summed E-state index contributed by atoms with van der Waals surface area (Å²) >= 11 is 7.15. The van der Waals surface area contributed by atoms with Crippen LogP contribution in [0.1, 0.15) is 38.2 Å². The van der Waals surface area contributed by atoms with Crippen LogP contribution in [0.5, 0.6) is 5.75 Å². The number of allylic oxidation sites excluding steroid dienone is 1. The zero-order valence-electron chi connectivity index (χ0n) is 12.0. The maximum Gasteiger partial charge on any atom is 0.147 e. The van der Waals surface area contributed by atoms with Gasteiger partial charge >= 0.3 is 0 Å². The summed E-state index contributed by atoms with van der Waals surface area (Å²) < 4.78 is 7.82. The third-order valence-corrected chi connectivity index (χ3v) is 4.09. The van der Waals surface area contributed by atoms with Crippen LogP contribution in [0.25, 0.3) is 0 Å². The minimum absolute atomic E-state index is 0.158. The molecule has 1 unspecified atom stereocenters. The molecule has 1 rings (SSSR count). The number of unbranched alkanes of at least 4 members (excludes halogenated alkanes) is 3. The third kappa shape index (κ3) is 6.42. The van der Waals surface area contributed by atoms with Gasteiger partial charge < -0.3 is 10.5 Å². The lowest BCUT2D eigenvalue weighted by molar-refractivity contribution is 0.302. The van der Waals surface area contributed by atoms with E-state index in [1.165, 1.54) is 18.4 Å². The maximum absolute atomic E-state index is 5.86. The van der Waals surface area contributed by atoms with Gasteiger partial charge in [0.25, 0.3) is 0 Å². The molecule has 0 bridgehead atoms. The molecule has 2 nitrogen and oxygen atoms in total. The smallest absolute Gasteiger partial charge is 0.147 e. The van der Waals surface area contributed by atoms with Crippen LogP contribution in [-0.2, 0) is 6.42 Å². The van der Waals surface area contributed by atoms with E-state index in [0.717, 1.165) is 40.6 Å². The van der Waals surface area contributed by atoms with Gasteiger partial charge in [-0.15, -0.1) is 6.58 Å². The summed E-state index contributed by atoms with van der Waals surface area (Å²) in [5.74, 6) is 0.877. The monoisotopic (exact) mass is 403 g/mol. The average Bonchev–Trinajstić information content (AvgIpc) is 2.35. The first-order valence-corrected chi connectivity index (χ1v) is 8.60. The van der Waals surface area contributed by atoms with Crippen LogP contribution < -0.4 is 10.5 Å². The van der Waals surface area contributed by atoms with Crippen molar-refractivity contribution in [2.45, 2.75) is 45.1 Å². The predicted molar refractivity (Wildman–Crippen MR) is 93.4 cm³/mol. The first kappa shape index (κ1) is 17.7. The van der Waals surface area contributed by atoms with Gasteiger partial charge in [0.2, 0.25) is 0 Å². The van der Waals surface area contributed by atoms with Crippen LogP contribution in [0.3, 0.4) is 0 Å². The van der Waals surface area contributed by atoms with Crippen molar-refractivity contribution < 1.29 is 4.74 Å². The molecule has 1 atom stereocenters. The molecule has 0 heterocycles. The molecule has 2 N–H and O–H groups in total. The van der Waals surface area contributed by atoms with Gasteiger partial charge in [-0.3, -0.25) is 0 Å². The molecule has 0 saturated heterocycles. The lowest BCUT2D eigenvalue weighted by atomic mass is 10.1. The van der Waals surface area contributed by atoms with Crippen LogP contribution in [0.2, 0.25) is 0 Å². The molecule has 0 spiro atoms. The van der Waals surface area contributed by atoms with E-state index in [9.17, 15) is 0 Å². The fourth-order valence-electron chi connectivity index (χ4n) is 1.98. The highest BCUT2D eigenvalue weighted by atomic mass is 79.9. The van der Waals surface area contributed by atoms with Crippen molar-refractivity contribution >= 4 is 31.9 Å². The Hall–Kier alpha value is -0.320. The number of hydrogen-bond acceptors (Lipinski definition) is 2. The second kappa shape index (κ2) is 9.59. The number of ether oxygens (including phenoxy) is 1. The largest absolute Gasteiger partial charge is 0.491 e. The minimum Gasteiger partial charge on any atom is -0.491 e. The number of benzene rings is 1. The van der Waals surface area contributed by atoms with E-state index in [4.69, 9.17) is 10.5 Å². The van der Waals surface area contributed by atoms with Crippen molar-refractivity contribution in [2.75, 3.05) is 6.61 Å². The highest BCUT2D eigenvalue weighted by Gasteiger charge is 2.10. The number of rotatable bonds is 9. The normalized spacial score (nSPS) is 12.2. The number of halogens is 2. The molecule has 112 valence electrons. The van der Waals surface area contributed by atoms with Crippen LogP contribution in [-0.4, -0.2) is 12.6 Å². The lowest BCUT2D eigenvalue weighted by Crippen LogP contribution is -2.17. The van der Waals surface area contributed by atoms with E-state index in [1.54, 1.807) is 0 Å². The number of hydrogen-bond donors (Lipinski definition) is 1. The molecule has 0 saturated carbocycles. The second-order valence-corrected chi connectivity index (χ2v) is 6.77. The second-order valence-electron chi connectivity index (χ2n) is 5.06. The first-order chi connectivity index (χ1) is 9.54. The topological polar surface area (TPSA) is 35.2 Å². The van der Waals surface area contributed by atoms with Crippen LogP contribution in [0, 0.1) is 0 Å². The van der Waals surface area contributed by atoms with Crippen LogP contribution >= 0.6 is 31.9 Å². The fraction of sp³-hybridized carbons (Fsp3) is 0.500. The van der Waals surface area contributed by atoms with E-state index in [-0.39, 0.29) is 6.04 Å². The Balaban J connectivity index is 2.51. The van der Waals surface area contributed by atoms with Gasteiger partial charge in [-0.2, -0.15) is 0 Å². The van der Waals surface area contributed by atoms with Gasteiger partial charge in [-0.1, -0.05) is 6.08 Å². The highest BCUT2D eigenvalue weighted by molar-refractivity contribution is 9.11. The summed E-state index contributed by atoms with van der Waals surface area (Å²) in [4.78, 5) is 0. The van der Waals surface area contributed by atoms with E-state index in [2.05, 4.69) is 50.6 Å². The molecule has 1 aromatic rings. The molecule has 4 heteroatoms. The van der Waals surface area contributed by atoms with Gasteiger partial charge in [0.05, 0.1) is 15.6 Å². The number of nitrogens with two attached hydrogens (primary N) is 1. The van der Waals surface area contributed by atoms with Crippen molar-refractivity contribution in [2.24, 2.45) is 5.73 Å². The molecule has 20 heavy (non-hydrogen) atoms. The zero-order chi connectivity index (χ0) is 15.0. The van der Waals surface area contributed by atoms with E-state index in [0.29, 0.717) is 0 Å². The Morgan fingerprint density at radius 1 is 1.25 bits per heavy atom. The third-order valence-electron chi connectivity index (χ3n) is 2.91. The van der Waals surface area contributed by atoms with Crippen LogP contribution in [0.15, 0.2) is 33.7 Å². The SMILES string of the molecule is C=CCCCCCOc1c(Br)cc(CC(C)N)cc1Br. The minimum atomic E-state index is 0.158.